The third-order valence-electron chi connectivity index (χ3n) is 3.44. The van der Waals surface area contributed by atoms with Crippen molar-refractivity contribution in [3.8, 4) is 0 Å². The number of H-pyrrole nitrogens is 1. The van der Waals surface area contributed by atoms with Crippen LogP contribution >= 0.6 is 0 Å². The highest BCUT2D eigenvalue weighted by Crippen LogP contribution is 2.23. The van der Waals surface area contributed by atoms with E-state index in [1.807, 2.05) is 13.1 Å². The smallest absolute Gasteiger partial charge is 0.0543 e. The number of aliphatic hydroxyl groups is 1. The van der Waals surface area contributed by atoms with Gasteiger partial charge < -0.3 is 10.4 Å². The van der Waals surface area contributed by atoms with Crippen LogP contribution in [0.25, 0.3) is 0 Å². The van der Waals surface area contributed by atoms with Crippen molar-refractivity contribution in [3.05, 3.63) is 17.5 Å². The van der Waals surface area contributed by atoms with E-state index >= 15 is 0 Å². The van der Waals surface area contributed by atoms with Crippen molar-refractivity contribution in [2.24, 2.45) is 5.92 Å². The Morgan fingerprint density at radius 2 is 2.44 bits per heavy atom. The number of nitrogens with one attached hydrogen (secondary N) is 2. The predicted molar refractivity (Wildman–Crippen MR) is 63.0 cm³/mol. The maximum atomic E-state index is 9.56. The number of rotatable bonds is 4. The second-order valence-electron chi connectivity index (χ2n) is 4.84. The molecule has 4 heteroatoms. The van der Waals surface area contributed by atoms with Crippen LogP contribution < -0.4 is 5.32 Å². The van der Waals surface area contributed by atoms with Gasteiger partial charge in [-0.1, -0.05) is 6.42 Å². The molecule has 0 aromatic carbocycles. The van der Waals surface area contributed by atoms with Crippen molar-refractivity contribution in [2.75, 3.05) is 6.54 Å². The van der Waals surface area contributed by atoms with E-state index in [0.29, 0.717) is 5.92 Å². The average molecular weight is 223 g/mol. The molecule has 0 amide bonds. The van der Waals surface area contributed by atoms with Gasteiger partial charge in [0.05, 0.1) is 12.3 Å². The summed E-state index contributed by atoms with van der Waals surface area (Å²) in [7, 11) is 0. The summed E-state index contributed by atoms with van der Waals surface area (Å²) in [5.41, 5.74) is 2.37. The Morgan fingerprint density at radius 1 is 1.56 bits per heavy atom. The lowest BCUT2D eigenvalue weighted by molar-refractivity contribution is 0.101. The summed E-state index contributed by atoms with van der Waals surface area (Å²) in [5.74, 6) is 0.635. The summed E-state index contributed by atoms with van der Waals surface area (Å²) in [6.45, 7) is 3.91. The van der Waals surface area contributed by atoms with Crippen molar-refractivity contribution in [2.45, 2.75) is 45.3 Å². The summed E-state index contributed by atoms with van der Waals surface area (Å²) in [6, 6.07) is 0. The largest absolute Gasteiger partial charge is 0.393 e. The maximum absolute atomic E-state index is 9.56. The van der Waals surface area contributed by atoms with E-state index in [9.17, 15) is 5.11 Å². The van der Waals surface area contributed by atoms with Crippen molar-refractivity contribution in [1.29, 1.82) is 0 Å². The molecule has 1 aromatic heterocycles. The van der Waals surface area contributed by atoms with Crippen LogP contribution in [-0.2, 0) is 6.54 Å². The van der Waals surface area contributed by atoms with Crippen molar-refractivity contribution < 1.29 is 5.11 Å². The topological polar surface area (TPSA) is 60.9 Å². The van der Waals surface area contributed by atoms with Gasteiger partial charge >= 0.3 is 0 Å². The average Bonchev–Trinajstić information content (AvgIpc) is 2.65. The molecule has 0 saturated heterocycles. The monoisotopic (exact) mass is 223 g/mol. The minimum atomic E-state index is -0.0730. The third kappa shape index (κ3) is 3.06. The van der Waals surface area contributed by atoms with E-state index in [1.54, 1.807) is 0 Å². The van der Waals surface area contributed by atoms with E-state index in [1.165, 1.54) is 12.0 Å². The Hall–Kier alpha value is -0.870. The molecule has 0 aliphatic heterocycles. The molecule has 1 heterocycles. The molecule has 1 aliphatic rings. The molecule has 0 spiro atoms. The zero-order valence-electron chi connectivity index (χ0n) is 9.87. The highest BCUT2D eigenvalue weighted by molar-refractivity contribution is 5.13. The van der Waals surface area contributed by atoms with E-state index in [0.717, 1.165) is 38.0 Å². The van der Waals surface area contributed by atoms with Crippen LogP contribution in [0, 0.1) is 12.8 Å². The van der Waals surface area contributed by atoms with Gasteiger partial charge in [-0.25, -0.2) is 0 Å². The van der Waals surface area contributed by atoms with Crippen LogP contribution in [0.15, 0.2) is 6.20 Å². The van der Waals surface area contributed by atoms with Gasteiger partial charge in [0, 0.05) is 17.8 Å². The van der Waals surface area contributed by atoms with Gasteiger partial charge in [-0.05, 0) is 38.6 Å². The molecule has 1 aliphatic carbocycles. The highest BCUT2D eigenvalue weighted by atomic mass is 16.3. The fourth-order valence-corrected chi connectivity index (χ4v) is 2.41. The molecule has 3 N–H and O–H groups in total. The first-order valence-corrected chi connectivity index (χ1v) is 6.13. The Labute approximate surface area is 96.5 Å². The molecule has 0 bridgehead atoms. The number of hydrogen-bond acceptors (Lipinski definition) is 3. The van der Waals surface area contributed by atoms with Crippen LogP contribution in [0.4, 0.5) is 0 Å². The molecule has 2 unspecified atom stereocenters. The number of aliphatic hydroxyl groups excluding tert-OH is 1. The Morgan fingerprint density at radius 3 is 3.12 bits per heavy atom. The molecule has 1 aromatic rings. The maximum Gasteiger partial charge on any atom is 0.0543 e. The first-order chi connectivity index (χ1) is 7.75. The normalized spacial score (nSPS) is 25.9. The Balaban J connectivity index is 1.70. The van der Waals surface area contributed by atoms with Crippen LogP contribution in [0.2, 0.25) is 0 Å². The second kappa shape index (κ2) is 5.46. The minimum Gasteiger partial charge on any atom is -0.393 e. The van der Waals surface area contributed by atoms with Gasteiger partial charge in [0.25, 0.3) is 0 Å². The van der Waals surface area contributed by atoms with Crippen LogP contribution in [0.3, 0.4) is 0 Å². The quantitative estimate of drug-likeness (QED) is 0.722. The number of aromatic amines is 1. The summed E-state index contributed by atoms with van der Waals surface area (Å²) < 4.78 is 0. The molecule has 90 valence electrons. The second-order valence-corrected chi connectivity index (χ2v) is 4.84. The van der Waals surface area contributed by atoms with Crippen molar-refractivity contribution >= 4 is 0 Å². The fourth-order valence-electron chi connectivity index (χ4n) is 2.41. The van der Waals surface area contributed by atoms with Crippen molar-refractivity contribution in [1.82, 2.24) is 15.5 Å². The minimum absolute atomic E-state index is 0.0730. The zero-order valence-corrected chi connectivity index (χ0v) is 9.87. The SMILES string of the molecule is Cc1[nH]ncc1CNCC1CCCC(O)C1. The Kier molecular flexibility index (Phi) is 3.96. The summed E-state index contributed by atoms with van der Waals surface area (Å²) in [4.78, 5) is 0. The molecule has 16 heavy (non-hydrogen) atoms. The number of nitrogens with zero attached hydrogens (tertiary/aromatic N) is 1. The molecular formula is C12H21N3O. The molecule has 0 radical (unpaired) electrons. The Bertz CT molecular complexity index is 324. The number of aromatic nitrogens is 2. The highest BCUT2D eigenvalue weighted by Gasteiger charge is 2.19. The first-order valence-electron chi connectivity index (χ1n) is 6.13. The summed E-state index contributed by atoms with van der Waals surface area (Å²) in [5, 5.41) is 19.9. The van der Waals surface area contributed by atoms with Crippen molar-refractivity contribution in [3.63, 3.8) is 0 Å². The van der Waals surface area contributed by atoms with E-state index in [2.05, 4.69) is 15.5 Å². The van der Waals surface area contributed by atoms with E-state index in [4.69, 9.17) is 0 Å². The molecule has 2 atom stereocenters. The number of aryl methyl sites for hydroxylation is 1. The summed E-state index contributed by atoms with van der Waals surface area (Å²) >= 11 is 0. The van der Waals surface area contributed by atoms with E-state index < -0.39 is 0 Å². The fraction of sp³-hybridized carbons (Fsp3) is 0.750. The molecule has 1 fully saturated rings. The van der Waals surface area contributed by atoms with Gasteiger partial charge in [-0.15, -0.1) is 0 Å². The van der Waals surface area contributed by atoms with E-state index in [-0.39, 0.29) is 6.10 Å². The summed E-state index contributed by atoms with van der Waals surface area (Å²) in [6.07, 6.45) is 6.15. The standard InChI is InChI=1S/C12H21N3O/c1-9-11(8-14-15-9)7-13-6-10-3-2-4-12(16)5-10/h8,10,12-13,16H,2-7H2,1H3,(H,14,15). The third-order valence-corrected chi connectivity index (χ3v) is 3.44. The number of hydrogen-bond donors (Lipinski definition) is 3. The molecule has 4 nitrogen and oxygen atoms in total. The van der Waals surface area contributed by atoms with Gasteiger partial charge in [-0.2, -0.15) is 5.10 Å². The van der Waals surface area contributed by atoms with Gasteiger partial charge in [0.1, 0.15) is 0 Å². The van der Waals surface area contributed by atoms with Crippen LogP contribution in [-0.4, -0.2) is 28.0 Å². The van der Waals surface area contributed by atoms with Gasteiger partial charge in [0.2, 0.25) is 0 Å². The lowest BCUT2D eigenvalue weighted by atomic mass is 9.87. The van der Waals surface area contributed by atoms with Crippen LogP contribution in [0.5, 0.6) is 0 Å². The van der Waals surface area contributed by atoms with Crippen LogP contribution in [0.1, 0.15) is 36.9 Å². The molecule has 2 rings (SSSR count). The predicted octanol–water partition coefficient (Wildman–Crippen LogP) is 1.36. The first kappa shape index (κ1) is 11.6. The van der Waals surface area contributed by atoms with Gasteiger partial charge in [-0.3, -0.25) is 5.10 Å². The zero-order chi connectivity index (χ0) is 11.4. The lowest BCUT2D eigenvalue weighted by Gasteiger charge is -2.25. The molecular weight excluding hydrogens is 202 g/mol. The van der Waals surface area contributed by atoms with Gasteiger partial charge in [0.15, 0.2) is 0 Å². The molecule has 1 saturated carbocycles. The lowest BCUT2D eigenvalue weighted by Crippen LogP contribution is -2.28.